The molecule has 3 amide bonds. The largest absolute Gasteiger partial charge is 0.321 e. The van der Waals surface area contributed by atoms with Crippen LogP contribution in [0, 0.1) is 0 Å². The van der Waals surface area contributed by atoms with Gasteiger partial charge in [0.25, 0.3) is 17.7 Å². The van der Waals surface area contributed by atoms with Crippen molar-refractivity contribution in [3.8, 4) is 0 Å². The molecule has 5 nitrogen and oxygen atoms in total. The van der Waals surface area contributed by atoms with E-state index in [0.717, 1.165) is 4.90 Å². The standard InChI is InChI=1S/C21H11Cl3N2O3/c22-11-5-7-15(16(23)9-11)19(27)25-18-8-6-12(10-17(18)24)26-20(28)13-3-1-2-4-14(13)21(26)29/h1-10H,(H,25,27). The van der Waals surface area contributed by atoms with Gasteiger partial charge in [-0.2, -0.15) is 0 Å². The van der Waals surface area contributed by atoms with E-state index in [1.54, 1.807) is 30.3 Å². The Bertz CT molecular complexity index is 1160. The van der Waals surface area contributed by atoms with Gasteiger partial charge >= 0.3 is 0 Å². The van der Waals surface area contributed by atoms with Crippen LogP contribution in [-0.2, 0) is 0 Å². The van der Waals surface area contributed by atoms with Crippen LogP contribution in [0.4, 0.5) is 11.4 Å². The Morgan fingerprint density at radius 1 is 0.793 bits per heavy atom. The van der Waals surface area contributed by atoms with Crippen LogP contribution in [-0.4, -0.2) is 17.7 Å². The zero-order valence-electron chi connectivity index (χ0n) is 14.6. The molecular formula is C21H11Cl3N2O3. The minimum Gasteiger partial charge on any atom is -0.321 e. The summed E-state index contributed by atoms with van der Waals surface area (Å²) in [4.78, 5) is 38.7. The molecule has 0 unspecified atom stereocenters. The molecule has 0 saturated carbocycles. The van der Waals surface area contributed by atoms with E-state index in [4.69, 9.17) is 34.8 Å². The quantitative estimate of drug-likeness (QED) is 0.526. The number of halogens is 3. The highest BCUT2D eigenvalue weighted by atomic mass is 35.5. The van der Waals surface area contributed by atoms with Crippen LogP contribution in [0.5, 0.6) is 0 Å². The molecule has 1 heterocycles. The first-order valence-electron chi connectivity index (χ1n) is 8.40. The highest BCUT2D eigenvalue weighted by molar-refractivity contribution is 6.38. The molecule has 0 saturated heterocycles. The number of fused-ring (bicyclic) bond motifs is 1. The van der Waals surface area contributed by atoms with Crippen LogP contribution in [0.2, 0.25) is 15.1 Å². The van der Waals surface area contributed by atoms with Gasteiger partial charge in [0.1, 0.15) is 0 Å². The summed E-state index contributed by atoms with van der Waals surface area (Å²) in [6, 6.07) is 15.6. The van der Waals surface area contributed by atoms with Crippen molar-refractivity contribution in [2.45, 2.75) is 0 Å². The van der Waals surface area contributed by atoms with E-state index in [1.165, 1.54) is 30.3 Å². The minimum absolute atomic E-state index is 0.164. The molecule has 0 radical (unpaired) electrons. The third-order valence-corrected chi connectivity index (χ3v) is 5.29. The lowest BCUT2D eigenvalue weighted by molar-refractivity contribution is 0.0924. The second-order valence-corrected chi connectivity index (χ2v) is 7.48. The number of anilines is 2. The Labute approximate surface area is 180 Å². The maximum Gasteiger partial charge on any atom is 0.266 e. The lowest BCUT2D eigenvalue weighted by Gasteiger charge is -2.16. The molecule has 0 fully saturated rings. The van der Waals surface area contributed by atoms with Gasteiger partial charge < -0.3 is 5.32 Å². The monoisotopic (exact) mass is 444 g/mol. The number of nitrogens with zero attached hydrogens (tertiary/aromatic N) is 1. The molecule has 4 rings (SSSR count). The van der Waals surface area contributed by atoms with Crippen LogP contribution >= 0.6 is 34.8 Å². The Kier molecular flexibility index (Phi) is 5.04. The fraction of sp³-hybridized carbons (Fsp3) is 0. The van der Waals surface area contributed by atoms with E-state index in [0.29, 0.717) is 27.5 Å². The number of nitrogens with one attached hydrogen (secondary N) is 1. The summed E-state index contributed by atoms with van der Waals surface area (Å²) in [7, 11) is 0. The maximum atomic E-state index is 12.6. The molecule has 1 aliphatic rings. The lowest BCUT2D eigenvalue weighted by atomic mass is 10.1. The van der Waals surface area contributed by atoms with E-state index < -0.39 is 17.7 Å². The van der Waals surface area contributed by atoms with Crippen molar-refractivity contribution < 1.29 is 14.4 Å². The first-order valence-corrected chi connectivity index (χ1v) is 9.54. The van der Waals surface area contributed by atoms with Crippen LogP contribution in [0.1, 0.15) is 31.1 Å². The molecule has 1 N–H and O–H groups in total. The second-order valence-electron chi connectivity index (χ2n) is 6.23. The minimum atomic E-state index is -0.470. The number of amides is 3. The van der Waals surface area contributed by atoms with Gasteiger partial charge in [-0.25, -0.2) is 4.90 Å². The Morgan fingerprint density at radius 3 is 2.03 bits per heavy atom. The Morgan fingerprint density at radius 2 is 1.45 bits per heavy atom. The van der Waals surface area contributed by atoms with Crippen molar-refractivity contribution >= 4 is 63.9 Å². The summed E-state index contributed by atoms with van der Waals surface area (Å²) in [5.41, 5.74) is 1.52. The van der Waals surface area contributed by atoms with Crippen LogP contribution in [0.3, 0.4) is 0 Å². The van der Waals surface area contributed by atoms with E-state index in [1.807, 2.05) is 0 Å². The highest BCUT2D eigenvalue weighted by Crippen LogP contribution is 2.33. The summed E-state index contributed by atoms with van der Waals surface area (Å²) in [6.07, 6.45) is 0. The van der Waals surface area contributed by atoms with Gasteiger partial charge in [-0.1, -0.05) is 46.9 Å². The van der Waals surface area contributed by atoms with E-state index in [9.17, 15) is 14.4 Å². The molecule has 0 atom stereocenters. The predicted molar refractivity (Wildman–Crippen MR) is 113 cm³/mol. The zero-order chi connectivity index (χ0) is 20.7. The fourth-order valence-corrected chi connectivity index (χ4v) is 3.75. The molecule has 0 aliphatic carbocycles. The number of imide groups is 1. The number of benzene rings is 3. The zero-order valence-corrected chi connectivity index (χ0v) is 16.8. The first-order chi connectivity index (χ1) is 13.9. The normalized spacial score (nSPS) is 12.9. The van der Waals surface area contributed by atoms with Gasteiger partial charge in [0.2, 0.25) is 0 Å². The molecule has 0 spiro atoms. The van der Waals surface area contributed by atoms with Crippen LogP contribution in [0.15, 0.2) is 60.7 Å². The summed E-state index contributed by atoms with van der Waals surface area (Å²) in [5, 5.41) is 3.44. The third kappa shape index (κ3) is 3.49. The smallest absolute Gasteiger partial charge is 0.266 e. The lowest BCUT2D eigenvalue weighted by Crippen LogP contribution is -2.29. The molecule has 144 valence electrons. The molecule has 8 heteroatoms. The molecule has 3 aromatic rings. The fourth-order valence-electron chi connectivity index (χ4n) is 3.03. The molecule has 0 bridgehead atoms. The average molecular weight is 446 g/mol. The van der Waals surface area contributed by atoms with E-state index >= 15 is 0 Å². The first kappa shape index (κ1) is 19.5. The maximum absolute atomic E-state index is 12.6. The Hall–Kier alpha value is -2.86. The van der Waals surface area contributed by atoms with Crippen molar-refractivity contribution in [1.82, 2.24) is 0 Å². The molecule has 1 aliphatic heterocycles. The van der Waals surface area contributed by atoms with Crippen molar-refractivity contribution in [3.63, 3.8) is 0 Å². The van der Waals surface area contributed by atoms with Crippen molar-refractivity contribution in [1.29, 1.82) is 0 Å². The molecule has 3 aromatic carbocycles. The highest BCUT2D eigenvalue weighted by Gasteiger charge is 2.36. The SMILES string of the molecule is O=C(Nc1ccc(N2C(=O)c3ccccc3C2=O)cc1Cl)c1ccc(Cl)cc1Cl. The van der Waals surface area contributed by atoms with Crippen molar-refractivity contribution in [2.75, 3.05) is 10.2 Å². The van der Waals surface area contributed by atoms with Crippen molar-refractivity contribution in [3.05, 3.63) is 92.4 Å². The van der Waals surface area contributed by atoms with Gasteiger partial charge in [0.05, 0.1) is 38.1 Å². The Balaban J connectivity index is 1.60. The predicted octanol–water partition coefficient (Wildman–Crippen LogP) is 5.70. The van der Waals surface area contributed by atoms with Gasteiger partial charge in [-0.15, -0.1) is 0 Å². The third-order valence-electron chi connectivity index (χ3n) is 4.43. The summed E-state index contributed by atoms with van der Waals surface area (Å²) >= 11 is 18.2. The molecule has 29 heavy (non-hydrogen) atoms. The van der Waals surface area contributed by atoms with E-state index in [-0.39, 0.29) is 15.6 Å². The molecular weight excluding hydrogens is 435 g/mol. The van der Waals surface area contributed by atoms with Gasteiger partial charge in [-0.05, 0) is 48.5 Å². The van der Waals surface area contributed by atoms with Gasteiger partial charge in [0, 0.05) is 5.02 Å². The van der Waals surface area contributed by atoms with Gasteiger partial charge in [-0.3, -0.25) is 14.4 Å². The van der Waals surface area contributed by atoms with E-state index in [2.05, 4.69) is 5.32 Å². The summed E-state index contributed by atoms with van der Waals surface area (Å²) in [6.45, 7) is 0. The number of rotatable bonds is 3. The second kappa shape index (κ2) is 7.52. The summed E-state index contributed by atoms with van der Waals surface area (Å²) in [5.74, 6) is -1.32. The topological polar surface area (TPSA) is 66.5 Å². The average Bonchev–Trinajstić information content (AvgIpc) is 2.94. The number of hydrogen-bond donors (Lipinski definition) is 1. The van der Waals surface area contributed by atoms with Gasteiger partial charge in [0.15, 0.2) is 0 Å². The summed E-state index contributed by atoms with van der Waals surface area (Å²) < 4.78 is 0. The number of hydrogen-bond acceptors (Lipinski definition) is 3. The number of carbonyl (C=O) groups is 3. The van der Waals surface area contributed by atoms with Crippen LogP contribution < -0.4 is 10.2 Å². The van der Waals surface area contributed by atoms with Crippen LogP contribution in [0.25, 0.3) is 0 Å². The van der Waals surface area contributed by atoms with Crippen molar-refractivity contribution in [2.24, 2.45) is 0 Å². The number of carbonyl (C=O) groups excluding carboxylic acids is 3. The molecule has 0 aromatic heterocycles.